The van der Waals surface area contributed by atoms with Gasteiger partial charge in [0.15, 0.2) is 5.13 Å². The van der Waals surface area contributed by atoms with Crippen molar-refractivity contribution in [1.82, 2.24) is 9.88 Å². The molecule has 6 heteroatoms. The number of thiazole rings is 1. The van der Waals surface area contributed by atoms with Crippen molar-refractivity contribution in [1.29, 1.82) is 0 Å². The normalized spacial score (nSPS) is 11.5. The highest BCUT2D eigenvalue weighted by atomic mass is 79.9. The van der Waals surface area contributed by atoms with Crippen LogP contribution in [0.2, 0.25) is 0 Å². The number of carbonyl (C=O) groups excluding carboxylic acids is 1. The first kappa shape index (κ1) is 18.8. The molecule has 0 radical (unpaired) electrons. The third-order valence-electron chi connectivity index (χ3n) is 3.82. The van der Waals surface area contributed by atoms with Gasteiger partial charge in [-0.1, -0.05) is 57.6 Å². The molecule has 0 saturated heterocycles. The molecule has 0 bridgehead atoms. The standard InChI is InChI=1S/C20H20BrN3OS/c1-23(2)12-13-24(19(25)11-8-15-6-4-3-5-7-15)20-22-17-10-9-16(21)14-18(17)26-20/h3-11,14H,12-13H2,1-2H3/b11-8+. The van der Waals surface area contributed by atoms with Gasteiger partial charge in [-0.15, -0.1) is 0 Å². The number of anilines is 1. The lowest BCUT2D eigenvalue weighted by Gasteiger charge is -2.20. The topological polar surface area (TPSA) is 36.4 Å². The second kappa shape index (κ2) is 8.58. The molecule has 26 heavy (non-hydrogen) atoms. The van der Waals surface area contributed by atoms with Crippen molar-refractivity contribution in [3.05, 3.63) is 64.6 Å². The summed E-state index contributed by atoms with van der Waals surface area (Å²) < 4.78 is 2.07. The number of hydrogen-bond donors (Lipinski definition) is 0. The summed E-state index contributed by atoms with van der Waals surface area (Å²) in [5, 5.41) is 0.725. The van der Waals surface area contributed by atoms with Crippen molar-refractivity contribution in [2.45, 2.75) is 0 Å². The van der Waals surface area contributed by atoms with E-state index in [2.05, 4.69) is 25.8 Å². The fourth-order valence-electron chi connectivity index (χ4n) is 2.42. The number of fused-ring (bicyclic) bond motifs is 1. The van der Waals surface area contributed by atoms with Gasteiger partial charge in [0, 0.05) is 23.6 Å². The molecule has 3 rings (SSSR count). The number of aromatic nitrogens is 1. The first-order valence-corrected chi connectivity index (χ1v) is 9.89. The van der Waals surface area contributed by atoms with Crippen LogP contribution in [0.1, 0.15) is 5.56 Å². The molecule has 0 aliphatic carbocycles. The van der Waals surface area contributed by atoms with Gasteiger partial charge in [-0.2, -0.15) is 0 Å². The van der Waals surface area contributed by atoms with E-state index in [1.165, 1.54) is 11.3 Å². The van der Waals surface area contributed by atoms with Gasteiger partial charge in [0.2, 0.25) is 0 Å². The van der Waals surface area contributed by atoms with E-state index in [0.29, 0.717) is 6.54 Å². The Bertz CT molecular complexity index is 921. The van der Waals surface area contributed by atoms with E-state index in [1.807, 2.05) is 68.7 Å². The van der Waals surface area contributed by atoms with Gasteiger partial charge in [0.1, 0.15) is 0 Å². The Hall–Kier alpha value is -2.02. The Kier molecular flexibility index (Phi) is 6.19. The number of likely N-dealkylation sites (N-methyl/N-ethyl adjacent to an activating group) is 1. The van der Waals surface area contributed by atoms with Gasteiger partial charge in [-0.05, 0) is 43.9 Å². The molecule has 0 spiro atoms. The maximum absolute atomic E-state index is 12.9. The number of benzene rings is 2. The molecule has 1 aromatic heterocycles. The minimum Gasteiger partial charge on any atom is -0.308 e. The Morgan fingerprint density at radius 2 is 1.92 bits per heavy atom. The van der Waals surface area contributed by atoms with Crippen molar-refractivity contribution >= 4 is 54.6 Å². The van der Waals surface area contributed by atoms with E-state index in [4.69, 9.17) is 0 Å². The van der Waals surface area contributed by atoms with Crippen LogP contribution in [0.25, 0.3) is 16.3 Å². The fraction of sp³-hybridized carbons (Fsp3) is 0.200. The van der Waals surface area contributed by atoms with Gasteiger partial charge in [0.05, 0.1) is 10.2 Å². The molecule has 0 fully saturated rings. The van der Waals surface area contributed by atoms with Crippen LogP contribution in [0.3, 0.4) is 0 Å². The van der Waals surface area contributed by atoms with Crippen molar-refractivity contribution in [2.75, 3.05) is 32.1 Å². The number of nitrogens with zero attached hydrogens (tertiary/aromatic N) is 3. The zero-order valence-corrected chi connectivity index (χ0v) is 17.1. The highest BCUT2D eigenvalue weighted by molar-refractivity contribution is 9.10. The smallest absolute Gasteiger partial charge is 0.252 e. The molecule has 1 heterocycles. The van der Waals surface area contributed by atoms with Gasteiger partial charge in [-0.25, -0.2) is 4.98 Å². The summed E-state index contributed by atoms with van der Waals surface area (Å²) in [6.07, 6.45) is 3.46. The summed E-state index contributed by atoms with van der Waals surface area (Å²) in [5.41, 5.74) is 1.91. The minimum absolute atomic E-state index is 0.0613. The van der Waals surface area contributed by atoms with Crippen molar-refractivity contribution in [3.63, 3.8) is 0 Å². The van der Waals surface area contributed by atoms with Gasteiger partial charge >= 0.3 is 0 Å². The first-order chi connectivity index (χ1) is 12.5. The largest absolute Gasteiger partial charge is 0.308 e. The molecule has 0 unspecified atom stereocenters. The second-order valence-corrected chi connectivity index (χ2v) is 8.07. The average molecular weight is 430 g/mol. The molecule has 3 aromatic rings. The van der Waals surface area contributed by atoms with Crippen LogP contribution in [0.4, 0.5) is 5.13 Å². The summed E-state index contributed by atoms with van der Waals surface area (Å²) in [6.45, 7) is 1.36. The molecular weight excluding hydrogens is 410 g/mol. The highest BCUT2D eigenvalue weighted by Gasteiger charge is 2.18. The summed E-state index contributed by atoms with van der Waals surface area (Å²) in [6, 6.07) is 15.8. The molecule has 0 N–H and O–H groups in total. The van der Waals surface area contributed by atoms with Crippen molar-refractivity contribution in [2.24, 2.45) is 0 Å². The number of rotatable bonds is 6. The van der Waals surface area contributed by atoms with Crippen LogP contribution in [0.5, 0.6) is 0 Å². The zero-order chi connectivity index (χ0) is 18.5. The van der Waals surface area contributed by atoms with Crippen LogP contribution >= 0.6 is 27.3 Å². The summed E-state index contributed by atoms with van der Waals surface area (Å²) in [5.74, 6) is -0.0613. The third kappa shape index (κ3) is 4.78. The van der Waals surface area contributed by atoms with E-state index >= 15 is 0 Å². The molecule has 0 aliphatic heterocycles. The maximum Gasteiger partial charge on any atom is 0.252 e. The molecule has 4 nitrogen and oxygen atoms in total. The summed E-state index contributed by atoms with van der Waals surface area (Å²) in [4.78, 5) is 21.3. The van der Waals surface area contributed by atoms with E-state index in [9.17, 15) is 4.79 Å². The molecule has 134 valence electrons. The number of halogens is 1. The zero-order valence-electron chi connectivity index (χ0n) is 14.7. The predicted molar refractivity (Wildman–Crippen MR) is 114 cm³/mol. The average Bonchev–Trinajstić information content (AvgIpc) is 3.03. The van der Waals surface area contributed by atoms with Crippen molar-refractivity contribution < 1.29 is 4.79 Å². The predicted octanol–water partition coefficient (Wildman–Crippen LogP) is 4.67. The molecule has 0 atom stereocenters. The van der Waals surface area contributed by atoms with Crippen LogP contribution < -0.4 is 4.90 Å². The Morgan fingerprint density at radius 3 is 2.65 bits per heavy atom. The van der Waals surface area contributed by atoms with Crippen LogP contribution in [-0.4, -0.2) is 43.0 Å². The lowest BCUT2D eigenvalue weighted by molar-refractivity contribution is -0.114. The number of amides is 1. The fourth-order valence-corrected chi connectivity index (χ4v) is 3.97. The number of carbonyl (C=O) groups is 1. The van der Waals surface area contributed by atoms with E-state index in [-0.39, 0.29) is 5.91 Å². The van der Waals surface area contributed by atoms with Crippen LogP contribution in [0, 0.1) is 0 Å². The lowest BCUT2D eigenvalue weighted by Crippen LogP contribution is -2.35. The quantitative estimate of drug-likeness (QED) is 0.534. The number of hydrogen-bond acceptors (Lipinski definition) is 4. The monoisotopic (exact) mass is 429 g/mol. The highest BCUT2D eigenvalue weighted by Crippen LogP contribution is 2.31. The SMILES string of the molecule is CN(C)CCN(C(=O)/C=C/c1ccccc1)c1nc2ccc(Br)cc2s1. The molecular formula is C20H20BrN3OS. The van der Waals surface area contributed by atoms with Gasteiger partial charge < -0.3 is 4.90 Å². The van der Waals surface area contributed by atoms with E-state index in [0.717, 1.165) is 31.9 Å². The van der Waals surface area contributed by atoms with Crippen molar-refractivity contribution in [3.8, 4) is 0 Å². The lowest BCUT2D eigenvalue weighted by atomic mass is 10.2. The first-order valence-electron chi connectivity index (χ1n) is 8.28. The molecule has 1 amide bonds. The third-order valence-corrected chi connectivity index (χ3v) is 5.36. The Labute approximate surface area is 165 Å². The minimum atomic E-state index is -0.0613. The van der Waals surface area contributed by atoms with Gasteiger partial charge in [-0.3, -0.25) is 9.69 Å². The molecule has 0 aliphatic rings. The Balaban J connectivity index is 1.87. The van der Waals surface area contributed by atoms with E-state index < -0.39 is 0 Å². The van der Waals surface area contributed by atoms with E-state index in [1.54, 1.807) is 11.0 Å². The molecule has 0 saturated carbocycles. The second-order valence-electron chi connectivity index (χ2n) is 6.15. The van der Waals surface area contributed by atoms with Crippen LogP contribution in [-0.2, 0) is 4.79 Å². The van der Waals surface area contributed by atoms with Crippen LogP contribution in [0.15, 0.2) is 59.1 Å². The summed E-state index contributed by atoms with van der Waals surface area (Å²) in [7, 11) is 4.00. The summed E-state index contributed by atoms with van der Waals surface area (Å²) >= 11 is 5.02. The van der Waals surface area contributed by atoms with Gasteiger partial charge in [0.25, 0.3) is 5.91 Å². The molecule has 2 aromatic carbocycles. The maximum atomic E-state index is 12.9. The Morgan fingerprint density at radius 1 is 1.15 bits per heavy atom.